The van der Waals surface area contributed by atoms with E-state index in [2.05, 4.69) is 28.5 Å². The van der Waals surface area contributed by atoms with E-state index in [4.69, 9.17) is 16.5 Å². The highest BCUT2D eigenvalue weighted by molar-refractivity contribution is 7.17. The van der Waals surface area contributed by atoms with Crippen LogP contribution in [0.1, 0.15) is 42.1 Å². The number of carbonyl (C=O) groups excluding carboxylic acids is 2. The van der Waals surface area contributed by atoms with Crippen LogP contribution in [0.15, 0.2) is 35.7 Å². The fourth-order valence-electron chi connectivity index (χ4n) is 4.31. The summed E-state index contributed by atoms with van der Waals surface area (Å²) in [5, 5.41) is 9.19. The maximum Gasteiger partial charge on any atom is 0.250 e. The van der Waals surface area contributed by atoms with Gasteiger partial charge in [-0.15, -0.1) is 11.3 Å². The number of para-hydroxylation sites is 1. The molecule has 9 heteroatoms. The molecule has 4 rings (SSSR count). The van der Waals surface area contributed by atoms with E-state index in [1.165, 1.54) is 5.56 Å². The van der Waals surface area contributed by atoms with Gasteiger partial charge in [0.25, 0.3) is 5.91 Å². The summed E-state index contributed by atoms with van der Waals surface area (Å²) in [7, 11) is 0. The van der Waals surface area contributed by atoms with Gasteiger partial charge in [-0.1, -0.05) is 25.5 Å². The molecule has 0 spiro atoms. The average molecular weight is 467 g/mol. The molecule has 2 aromatic heterocycles. The molecule has 0 bridgehead atoms. The van der Waals surface area contributed by atoms with Crippen molar-refractivity contribution in [2.75, 3.05) is 35.6 Å². The number of benzene rings is 1. The number of nitrogens with one attached hydrogen (secondary N) is 2. The van der Waals surface area contributed by atoms with Crippen molar-refractivity contribution in [1.29, 1.82) is 0 Å². The van der Waals surface area contributed by atoms with E-state index in [1.54, 1.807) is 35.6 Å². The quantitative estimate of drug-likeness (QED) is 0.404. The maximum atomic E-state index is 12.4. The lowest BCUT2D eigenvalue weighted by molar-refractivity contribution is -0.115. The Bertz CT molecular complexity index is 1150. The zero-order chi connectivity index (χ0) is 23.4. The van der Waals surface area contributed by atoms with Crippen LogP contribution in [0, 0.1) is 0 Å². The van der Waals surface area contributed by atoms with Crippen LogP contribution in [0.25, 0.3) is 10.2 Å². The number of nitrogen functional groups attached to an aromatic ring is 1. The first-order valence-corrected chi connectivity index (χ1v) is 12.2. The van der Waals surface area contributed by atoms with Crippen molar-refractivity contribution < 1.29 is 9.59 Å². The first-order chi connectivity index (χ1) is 16.0. The van der Waals surface area contributed by atoms with Crippen LogP contribution in [0.5, 0.6) is 0 Å². The number of piperidine rings is 1. The van der Waals surface area contributed by atoms with Crippen molar-refractivity contribution in [3.8, 4) is 0 Å². The standard InChI is InChI=1S/C24H30N6O2S/c1-2-5-15-12-20(29-24-22(15)18(25)14-33-24)30-10-8-16(9-11-30)27-13-21(31)28-19-7-4-3-6-17(19)23(26)32/h3-4,6-7,12,14,16,27H,2,5,8-11,13,25H2,1H3,(H2,26,32)(H,28,31). The first-order valence-electron chi connectivity index (χ1n) is 11.3. The first kappa shape index (κ1) is 23.0. The Morgan fingerprint density at radius 1 is 1.24 bits per heavy atom. The number of carbonyl (C=O) groups is 2. The van der Waals surface area contributed by atoms with Gasteiger partial charge >= 0.3 is 0 Å². The van der Waals surface area contributed by atoms with Crippen molar-refractivity contribution in [3.63, 3.8) is 0 Å². The summed E-state index contributed by atoms with van der Waals surface area (Å²) < 4.78 is 0. The SMILES string of the molecule is CCCc1cc(N2CCC(NCC(=O)Nc3ccccc3C(N)=O)CC2)nc2scc(N)c12. The van der Waals surface area contributed by atoms with Crippen LogP contribution < -0.4 is 27.0 Å². The van der Waals surface area contributed by atoms with Gasteiger partial charge in [-0.2, -0.15) is 0 Å². The molecular weight excluding hydrogens is 436 g/mol. The third kappa shape index (κ3) is 5.26. The van der Waals surface area contributed by atoms with E-state index in [1.807, 2.05) is 5.38 Å². The minimum Gasteiger partial charge on any atom is -0.397 e. The summed E-state index contributed by atoms with van der Waals surface area (Å²) in [4.78, 5) is 32.1. The summed E-state index contributed by atoms with van der Waals surface area (Å²) in [6.07, 6.45) is 3.88. The number of fused-ring (bicyclic) bond motifs is 1. The second-order valence-corrected chi connectivity index (χ2v) is 9.22. The van der Waals surface area contributed by atoms with Crippen molar-refractivity contribution in [3.05, 3.63) is 46.8 Å². The molecule has 1 aliphatic rings. The van der Waals surface area contributed by atoms with Gasteiger partial charge in [-0.25, -0.2) is 4.98 Å². The lowest BCUT2D eigenvalue weighted by atomic mass is 10.0. The van der Waals surface area contributed by atoms with E-state index in [0.29, 0.717) is 11.3 Å². The summed E-state index contributed by atoms with van der Waals surface area (Å²) in [6.45, 7) is 4.09. The molecule has 1 aromatic carbocycles. The zero-order valence-corrected chi connectivity index (χ0v) is 19.6. The van der Waals surface area contributed by atoms with Crippen LogP contribution in [0.3, 0.4) is 0 Å². The van der Waals surface area contributed by atoms with E-state index < -0.39 is 5.91 Å². The molecule has 0 unspecified atom stereocenters. The highest BCUT2D eigenvalue weighted by atomic mass is 32.1. The molecule has 0 atom stereocenters. The van der Waals surface area contributed by atoms with Crippen LogP contribution in [0.2, 0.25) is 0 Å². The molecule has 1 aliphatic heterocycles. The number of hydrogen-bond donors (Lipinski definition) is 4. The normalized spacial score (nSPS) is 14.5. The molecule has 3 heterocycles. The molecule has 0 saturated carbocycles. The smallest absolute Gasteiger partial charge is 0.250 e. The third-order valence-electron chi connectivity index (χ3n) is 6.00. The Kier molecular flexibility index (Phi) is 7.10. The summed E-state index contributed by atoms with van der Waals surface area (Å²) in [5.74, 6) is 0.246. The summed E-state index contributed by atoms with van der Waals surface area (Å²) in [6, 6.07) is 9.18. The number of amides is 2. The van der Waals surface area contributed by atoms with Crippen molar-refractivity contribution >= 4 is 50.6 Å². The number of anilines is 3. The van der Waals surface area contributed by atoms with Gasteiger partial charge in [-0.3, -0.25) is 9.59 Å². The second-order valence-electron chi connectivity index (χ2n) is 8.36. The third-order valence-corrected chi connectivity index (χ3v) is 6.89. The fraction of sp³-hybridized carbons (Fsp3) is 0.375. The van der Waals surface area contributed by atoms with E-state index in [-0.39, 0.29) is 18.5 Å². The van der Waals surface area contributed by atoms with Gasteiger partial charge < -0.3 is 27.0 Å². The van der Waals surface area contributed by atoms with Crippen LogP contribution in [-0.4, -0.2) is 42.5 Å². The maximum absolute atomic E-state index is 12.4. The molecule has 174 valence electrons. The minimum absolute atomic E-state index is 0.178. The Labute approximate surface area is 197 Å². The molecule has 0 radical (unpaired) electrons. The van der Waals surface area contributed by atoms with E-state index in [9.17, 15) is 9.59 Å². The Morgan fingerprint density at radius 2 is 2.00 bits per heavy atom. The number of hydrogen-bond acceptors (Lipinski definition) is 7. The molecule has 1 saturated heterocycles. The van der Waals surface area contributed by atoms with Gasteiger partial charge in [0.1, 0.15) is 10.6 Å². The van der Waals surface area contributed by atoms with Crippen LogP contribution >= 0.6 is 11.3 Å². The number of thiophene rings is 1. The van der Waals surface area contributed by atoms with E-state index >= 15 is 0 Å². The van der Waals surface area contributed by atoms with Gasteiger partial charge in [0.2, 0.25) is 5.91 Å². The number of primary amides is 1. The highest BCUT2D eigenvalue weighted by Crippen LogP contribution is 2.33. The number of pyridine rings is 1. The van der Waals surface area contributed by atoms with Gasteiger partial charge in [0, 0.05) is 29.9 Å². The Morgan fingerprint density at radius 3 is 2.73 bits per heavy atom. The number of rotatable bonds is 8. The lowest BCUT2D eigenvalue weighted by Crippen LogP contribution is -2.45. The fourth-order valence-corrected chi connectivity index (χ4v) is 5.18. The molecule has 3 aromatic rings. The van der Waals surface area contributed by atoms with E-state index in [0.717, 1.165) is 60.5 Å². The molecule has 8 nitrogen and oxygen atoms in total. The summed E-state index contributed by atoms with van der Waals surface area (Å²) in [5.41, 5.74) is 14.4. The highest BCUT2D eigenvalue weighted by Gasteiger charge is 2.22. The topological polar surface area (TPSA) is 126 Å². The predicted molar refractivity (Wildman–Crippen MR) is 135 cm³/mol. The van der Waals surface area contributed by atoms with Crippen molar-refractivity contribution in [2.24, 2.45) is 5.73 Å². The monoisotopic (exact) mass is 466 g/mol. The number of nitrogens with zero attached hydrogens (tertiary/aromatic N) is 2. The van der Waals surface area contributed by atoms with Gasteiger partial charge in [0.05, 0.1) is 23.5 Å². The van der Waals surface area contributed by atoms with Gasteiger partial charge in [0.15, 0.2) is 0 Å². The number of aryl methyl sites for hydroxylation is 1. The molecule has 6 N–H and O–H groups in total. The number of nitrogens with two attached hydrogens (primary N) is 2. The largest absolute Gasteiger partial charge is 0.397 e. The molecule has 0 aliphatic carbocycles. The predicted octanol–water partition coefficient (Wildman–Crippen LogP) is 3.13. The van der Waals surface area contributed by atoms with Crippen molar-refractivity contribution in [2.45, 2.75) is 38.6 Å². The molecule has 1 fully saturated rings. The summed E-state index contributed by atoms with van der Waals surface area (Å²) >= 11 is 1.60. The molecule has 2 amide bonds. The zero-order valence-electron chi connectivity index (χ0n) is 18.8. The Balaban J connectivity index is 1.32. The molecule has 33 heavy (non-hydrogen) atoms. The molecular formula is C24H30N6O2S. The van der Waals surface area contributed by atoms with Gasteiger partial charge in [-0.05, 0) is 43.0 Å². The van der Waals surface area contributed by atoms with Crippen LogP contribution in [0.4, 0.5) is 17.2 Å². The lowest BCUT2D eigenvalue weighted by Gasteiger charge is -2.33. The average Bonchev–Trinajstić information content (AvgIpc) is 3.19. The number of aromatic nitrogens is 1. The van der Waals surface area contributed by atoms with Crippen molar-refractivity contribution in [1.82, 2.24) is 10.3 Å². The van der Waals surface area contributed by atoms with Crippen LogP contribution in [-0.2, 0) is 11.2 Å². The minimum atomic E-state index is -0.564. The second kappa shape index (κ2) is 10.2. The Hall–Kier alpha value is -3.17.